The van der Waals surface area contributed by atoms with Gasteiger partial charge in [-0.15, -0.1) is 0 Å². The summed E-state index contributed by atoms with van der Waals surface area (Å²) in [6.45, 7) is 0. The Morgan fingerprint density at radius 3 is 2.71 bits per heavy atom. The van der Waals surface area contributed by atoms with E-state index >= 15 is 0 Å². The summed E-state index contributed by atoms with van der Waals surface area (Å²) < 4.78 is 0. The Morgan fingerprint density at radius 2 is 2.12 bits per heavy atom. The second-order valence-electron chi connectivity index (χ2n) is 3.33. The number of nitrogens with one attached hydrogen (secondary N) is 1. The lowest BCUT2D eigenvalue weighted by molar-refractivity contribution is -0.115. The fraction of sp³-hybridized carbons (Fsp3) is 0.273. The fourth-order valence-electron chi connectivity index (χ4n) is 1.23. The third-order valence-electron chi connectivity index (χ3n) is 2.04. The minimum absolute atomic E-state index is 0.123. The zero-order valence-electron chi connectivity index (χ0n) is 9.27. The molecule has 0 heterocycles. The lowest BCUT2D eigenvalue weighted by Gasteiger charge is -2.08. The molecule has 0 bridgehead atoms. The van der Waals surface area contributed by atoms with Gasteiger partial charge in [-0.3, -0.25) is 4.79 Å². The number of aromatic carboxylic acids is 1. The Bertz CT molecular complexity index is 433. The number of carbonyl (C=O) groups excluding carboxylic acids is 1. The zero-order valence-corrected chi connectivity index (χ0v) is 10.1. The highest BCUT2D eigenvalue weighted by atomic mass is 32.2. The predicted molar refractivity (Wildman–Crippen MR) is 66.7 cm³/mol. The van der Waals surface area contributed by atoms with Gasteiger partial charge in [0.05, 0.1) is 11.3 Å². The topological polar surface area (TPSA) is 86.6 Å². The van der Waals surface area contributed by atoms with Gasteiger partial charge >= 0.3 is 5.97 Å². The van der Waals surface area contributed by atoms with Gasteiger partial charge in [-0.25, -0.2) is 4.79 Å². The van der Waals surface area contributed by atoms with Gasteiger partial charge in [0, 0.05) is 12.2 Å². The fourth-order valence-corrected chi connectivity index (χ4v) is 1.62. The van der Waals surface area contributed by atoms with Crippen LogP contribution in [0.2, 0.25) is 0 Å². The molecule has 6 heteroatoms. The number of carbonyl (C=O) groups is 2. The maximum absolute atomic E-state index is 11.5. The van der Waals surface area contributed by atoms with Crippen molar-refractivity contribution in [2.75, 3.05) is 17.3 Å². The second kappa shape index (κ2) is 6.15. The first-order valence-electron chi connectivity index (χ1n) is 4.89. The molecule has 1 amide bonds. The van der Waals surface area contributed by atoms with E-state index in [1.165, 1.54) is 23.9 Å². The molecule has 92 valence electrons. The van der Waals surface area contributed by atoms with Crippen LogP contribution in [0.25, 0.3) is 0 Å². The van der Waals surface area contributed by atoms with Crippen molar-refractivity contribution in [1.29, 1.82) is 0 Å². The van der Waals surface area contributed by atoms with E-state index in [1.54, 1.807) is 0 Å². The van der Waals surface area contributed by atoms with Crippen molar-refractivity contribution < 1.29 is 19.8 Å². The number of phenols is 1. The van der Waals surface area contributed by atoms with Crippen LogP contribution in [0, 0.1) is 0 Å². The first kappa shape index (κ1) is 13.4. The maximum Gasteiger partial charge on any atom is 0.337 e. The Kier molecular flexibility index (Phi) is 4.84. The summed E-state index contributed by atoms with van der Waals surface area (Å²) in [6, 6.07) is 3.80. The van der Waals surface area contributed by atoms with Crippen molar-refractivity contribution in [3.63, 3.8) is 0 Å². The van der Waals surface area contributed by atoms with Gasteiger partial charge in [-0.2, -0.15) is 11.8 Å². The summed E-state index contributed by atoms with van der Waals surface area (Å²) in [5.74, 6) is -0.912. The molecule has 0 aliphatic carbocycles. The molecular weight excluding hydrogens is 242 g/mol. The predicted octanol–water partition coefficient (Wildman–Crippen LogP) is 1.78. The van der Waals surface area contributed by atoms with Gasteiger partial charge in [0.2, 0.25) is 5.91 Å². The number of phenolic OH excluding ortho intramolecular Hbond substituents is 1. The number of amides is 1. The van der Waals surface area contributed by atoms with Gasteiger partial charge in [0.15, 0.2) is 0 Å². The molecule has 0 saturated carbocycles. The molecule has 0 aliphatic heterocycles. The van der Waals surface area contributed by atoms with E-state index in [9.17, 15) is 14.7 Å². The zero-order chi connectivity index (χ0) is 12.8. The molecule has 3 N–H and O–H groups in total. The maximum atomic E-state index is 11.5. The van der Waals surface area contributed by atoms with Crippen LogP contribution in [-0.4, -0.2) is 34.1 Å². The van der Waals surface area contributed by atoms with Crippen LogP contribution in [-0.2, 0) is 4.79 Å². The van der Waals surface area contributed by atoms with E-state index in [0.717, 1.165) is 6.07 Å². The molecule has 0 atom stereocenters. The Balaban J connectivity index is 2.83. The number of carboxylic acids is 1. The molecule has 0 unspecified atom stereocenters. The molecule has 17 heavy (non-hydrogen) atoms. The van der Waals surface area contributed by atoms with Crippen molar-refractivity contribution in [2.45, 2.75) is 6.42 Å². The van der Waals surface area contributed by atoms with Gasteiger partial charge in [0.1, 0.15) is 5.75 Å². The molecule has 0 radical (unpaired) electrons. The Labute approximate surface area is 103 Å². The lowest BCUT2D eigenvalue weighted by Crippen LogP contribution is -2.15. The molecule has 1 aromatic carbocycles. The van der Waals surface area contributed by atoms with Gasteiger partial charge < -0.3 is 15.5 Å². The number of aromatic hydroxyl groups is 1. The SMILES string of the molecule is CSCCC(=O)Nc1ccc(O)cc1C(=O)O. The van der Waals surface area contributed by atoms with Crippen molar-refractivity contribution in [2.24, 2.45) is 0 Å². The lowest BCUT2D eigenvalue weighted by atomic mass is 10.1. The van der Waals surface area contributed by atoms with Gasteiger partial charge in [-0.1, -0.05) is 0 Å². The number of benzene rings is 1. The summed E-state index contributed by atoms with van der Waals surface area (Å²) >= 11 is 1.54. The number of rotatable bonds is 5. The average molecular weight is 255 g/mol. The molecule has 1 rings (SSSR count). The molecule has 1 aromatic rings. The molecule has 0 aromatic heterocycles. The normalized spacial score (nSPS) is 9.94. The Morgan fingerprint density at radius 1 is 1.41 bits per heavy atom. The monoisotopic (exact) mass is 255 g/mol. The second-order valence-corrected chi connectivity index (χ2v) is 4.31. The summed E-state index contributed by atoms with van der Waals surface area (Å²) in [6.07, 6.45) is 2.21. The standard InChI is InChI=1S/C11H13NO4S/c1-17-5-4-10(14)12-9-3-2-7(13)6-8(9)11(15)16/h2-3,6,13H,4-5H2,1H3,(H,12,14)(H,15,16). The molecular formula is C11H13NO4S. The first-order valence-corrected chi connectivity index (χ1v) is 6.29. The summed E-state index contributed by atoms with van der Waals surface area (Å²) in [4.78, 5) is 22.4. The summed E-state index contributed by atoms with van der Waals surface area (Å²) in [5, 5.41) is 20.6. The molecule has 0 spiro atoms. The highest BCUT2D eigenvalue weighted by molar-refractivity contribution is 7.98. The quantitative estimate of drug-likeness (QED) is 0.698. The number of carboxylic acid groups (broad SMARTS) is 1. The minimum Gasteiger partial charge on any atom is -0.508 e. The highest BCUT2D eigenvalue weighted by Crippen LogP contribution is 2.21. The van der Waals surface area contributed by atoms with Gasteiger partial charge in [-0.05, 0) is 24.5 Å². The minimum atomic E-state index is -1.19. The van der Waals surface area contributed by atoms with Gasteiger partial charge in [0.25, 0.3) is 0 Å². The third kappa shape index (κ3) is 3.99. The van der Waals surface area contributed by atoms with Crippen molar-refractivity contribution in [1.82, 2.24) is 0 Å². The van der Waals surface area contributed by atoms with Crippen LogP contribution in [0.3, 0.4) is 0 Å². The summed E-state index contributed by atoms with van der Waals surface area (Å²) in [7, 11) is 0. The number of hydrogen-bond acceptors (Lipinski definition) is 4. The Hall–Kier alpha value is -1.69. The van der Waals surface area contributed by atoms with Crippen molar-refractivity contribution >= 4 is 29.3 Å². The molecule has 0 fully saturated rings. The molecule has 0 saturated heterocycles. The van der Waals surface area contributed by atoms with Crippen LogP contribution in [0.15, 0.2) is 18.2 Å². The van der Waals surface area contributed by atoms with Crippen LogP contribution in [0.4, 0.5) is 5.69 Å². The first-order chi connectivity index (χ1) is 8.04. The third-order valence-corrected chi connectivity index (χ3v) is 2.65. The molecule has 0 aliphatic rings. The highest BCUT2D eigenvalue weighted by Gasteiger charge is 2.13. The van der Waals surface area contributed by atoms with E-state index in [4.69, 9.17) is 5.11 Å². The molecule has 5 nitrogen and oxygen atoms in total. The van der Waals surface area contributed by atoms with E-state index in [0.29, 0.717) is 12.2 Å². The van der Waals surface area contributed by atoms with Crippen molar-refractivity contribution in [3.05, 3.63) is 23.8 Å². The smallest absolute Gasteiger partial charge is 0.337 e. The number of hydrogen-bond donors (Lipinski definition) is 3. The van der Waals surface area contributed by atoms with E-state index < -0.39 is 5.97 Å². The number of anilines is 1. The van der Waals surface area contributed by atoms with E-state index in [2.05, 4.69) is 5.32 Å². The van der Waals surface area contributed by atoms with Crippen LogP contribution < -0.4 is 5.32 Å². The summed E-state index contributed by atoms with van der Waals surface area (Å²) in [5.41, 5.74) is 0.0731. The van der Waals surface area contributed by atoms with E-state index in [-0.39, 0.29) is 22.9 Å². The van der Waals surface area contributed by atoms with Crippen LogP contribution in [0.1, 0.15) is 16.8 Å². The largest absolute Gasteiger partial charge is 0.508 e. The van der Waals surface area contributed by atoms with E-state index in [1.807, 2.05) is 6.26 Å². The van der Waals surface area contributed by atoms with Crippen molar-refractivity contribution in [3.8, 4) is 5.75 Å². The number of thioether (sulfide) groups is 1. The van der Waals surface area contributed by atoms with Crippen LogP contribution >= 0.6 is 11.8 Å². The van der Waals surface area contributed by atoms with Crippen LogP contribution in [0.5, 0.6) is 5.75 Å². The average Bonchev–Trinajstić information content (AvgIpc) is 2.28.